The molecule has 0 radical (unpaired) electrons. The van der Waals surface area contributed by atoms with Gasteiger partial charge in [-0.1, -0.05) is 6.07 Å². The van der Waals surface area contributed by atoms with E-state index in [2.05, 4.69) is 5.32 Å². The van der Waals surface area contributed by atoms with E-state index in [1.165, 1.54) is 6.07 Å². The highest BCUT2D eigenvalue weighted by Crippen LogP contribution is 2.09. The summed E-state index contributed by atoms with van der Waals surface area (Å²) in [6, 6.07) is 8.10. The molecule has 18 heavy (non-hydrogen) atoms. The highest BCUT2D eigenvalue weighted by molar-refractivity contribution is 5.94. The van der Waals surface area contributed by atoms with Crippen LogP contribution < -0.4 is 5.32 Å². The van der Waals surface area contributed by atoms with Gasteiger partial charge in [0, 0.05) is 18.5 Å². The van der Waals surface area contributed by atoms with Gasteiger partial charge in [0.2, 0.25) is 0 Å². The SMILES string of the molecule is Cc1ccc(C(=O)NCCc2ccco2)cc1F. The summed E-state index contributed by atoms with van der Waals surface area (Å²) in [5, 5.41) is 2.72. The van der Waals surface area contributed by atoms with Crippen molar-refractivity contribution in [2.75, 3.05) is 6.54 Å². The molecule has 0 saturated carbocycles. The maximum absolute atomic E-state index is 13.3. The van der Waals surface area contributed by atoms with Crippen molar-refractivity contribution in [3.8, 4) is 0 Å². The van der Waals surface area contributed by atoms with Crippen molar-refractivity contribution in [1.82, 2.24) is 5.32 Å². The molecule has 2 rings (SSSR count). The Morgan fingerprint density at radius 3 is 2.89 bits per heavy atom. The summed E-state index contributed by atoms with van der Waals surface area (Å²) in [4.78, 5) is 11.7. The first-order valence-corrected chi connectivity index (χ1v) is 5.73. The highest BCUT2D eigenvalue weighted by atomic mass is 19.1. The summed E-state index contributed by atoms with van der Waals surface area (Å²) in [7, 11) is 0. The molecule has 0 fully saturated rings. The first-order valence-electron chi connectivity index (χ1n) is 5.73. The second kappa shape index (κ2) is 5.49. The van der Waals surface area contributed by atoms with Gasteiger partial charge in [-0.2, -0.15) is 0 Å². The predicted molar refractivity (Wildman–Crippen MR) is 65.9 cm³/mol. The van der Waals surface area contributed by atoms with E-state index in [0.29, 0.717) is 24.1 Å². The van der Waals surface area contributed by atoms with Crippen LogP contribution in [0.5, 0.6) is 0 Å². The fraction of sp³-hybridized carbons (Fsp3) is 0.214. The number of halogens is 1. The largest absolute Gasteiger partial charge is 0.469 e. The molecular weight excluding hydrogens is 233 g/mol. The molecule has 1 amide bonds. The fourth-order valence-corrected chi connectivity index (χ4v) is 1.59. The summed E-state index contributed by atoms with van der Waals surface area (Å²) < 4.78 is 18.4. The van der Waals surface area contributed by atoms with E-state index < -0.39 is 0 Å². The second-order valence-electron chi connectivity index (χ2n) is 4.05. The predicted octanol–water partition coefficient (Wildman–Crippen LogP) is 2.70. The maximum atomic E-state index is 13.3. The Morgan fingerprint density at radius 2 is 2.22 bits per heavy atom. The van der Waals surface area contributed by atoms with Gasteiger partial charge in [0.1, 0.15) is 11.6 Å². The van der Waals surface area contributed by atoms with Crippen molar-refractivity contribution in [2.24, 2.45) is 0 Å². The van der Waals surface area contributed by atoms with Crippen LogP contribution in [0.2, 0.25) is 0 Å². The van der Waals surface area contributed by atoms with Gasteiger partial charge in [-0.25, -0.2) is 4.39 Å². The summed E-state index contributed by atoms with van der Waals surface area (Å²) in [5.74, 6) is 0.166. The topological polar surface area (TPSA) is 42.2 Å². The number of rotatable bonds is 4. The van der Waals surface area contributed by atoms with E-state index in [4.69, 9.17) is 4.42 Å². The lowest BCUT2D eigenvalue weighted by molar-refractivity contribution is 0.0953. The lowest BCUT2D eigenvalue weighted by Gasteiger charge is -2.05. The van der Waals surface area contributed by atoms with Crippen molar-refractivity contribution in [1.29, 1.82) is 0 Å². The van der Waals surface area contributed by atoms with Gasteiger partial charge in [-0.15, -0.1) is 0 Å². The Balaban J connectivity index is 1.89. The molecule has 0 spiro atoms. The molecule has 0 saturated heterocycles. The van der Waals surface area contributed by atoms with E-state index in [-0.39, 0.29) is 11.7 Å². The standard InChI is InChI=1S/C14H14FNO2/c1-10-4-5-11(9-13(10)15)14(17)16-7-6-12-3-2-8-18-12/h2-5,8-9H,6-7H2,1H3,(H,16,17). The summed E-state index contributed by atoms with van der Waals surface area (Å²) in [5.41, 5.74) is 0.861. The first-order chi connectivity index (χ1) is 8.66. The van der Waals surface area contributed by atoms with E-state index in [0.717, 1.165) is 5.76 Å². The quantitative estimate of drug-likeness (QED) is 0.902. The Morgan fingerprint density at radius 1 is 1.39 bits per heavy atom. The van der Waals surface area contributed by atoms with Crippen molar-refractivity contribution in [2.45, 2.75) is 13.3 Å². The molecule has 2 aromatic rings. The van der Waals surface area contributed by atoms with Crippen LogP contribution in [0.3, 0.4) is 0 Å². The fourth-order valence-electron chi connectivity index (χ4n) is 1.59. The van der Waals surface area contributed by atoms with E-state index in [1.54, 1.807) is 31.4 Å². The van der Waals surface area contributed by atoms with Crippen LogP contribution in [0.1, 0.15) is 21.7 Å². The monoisotopic (exact) mass is 247 g/mol. The van der Waals surface area contributed by atoms with Crippen molar-refractivity contribution < 1.29 is 13.6 Å². The summed E-state index contributed by atoms with van der Waals surface area (Å²) >= 11 is 0. The lowest BCUT2D eigenvalue weighted by atomic mass is 10.1. The molecule has 1 heterocycles. The smallest absolute Gasteiger partial charge is 0.251 e. The van der Waals surface area contributed by atoms with Gasteiger partial charge in [-0.3, -0.25) is 4.79 Å². The zero-order valence-corrected chi connectivity index (χ0v) is 10.1. The van der Waals surface area contributed by atoms with Crippen LogP contribution in [0.15, 0.2) is 41.0 Å². The van der Waals surface area contributed by atoms with Crippen molar-refractivity contribution in [3.63, 3.8) is 0 Å². The molecule has 1 N–H and O–H groups in total. The minimum absolute atomic E-state index is 0.277. The van der Waals surface area contributed by atoms with Crippen LogP contribution in [0.25, 0.3) is 0 Å². The van der Waals surface area contributed by atoms with Crippen LogP contribution in [0.4, 0.5) is 4.39 Å². The minimum atomic E-state index is -0.367. The molecule has 94 valence electrons. The van der Waals surface area contributed by atoms with Gasteiger partial charge in [0.25, 0.3) is 5.91 Å². The molecule has 1 aromatic heterocycles. The van der Waals surface area contributed by atoms with Crippen LogP contribution >= 0.6 is 0 Å². The lowest BCUT2D eigenvalue weighted by Crippen LogP contribution is -2.25. The Bertz CT molecular complexity index is 535. The van der Waals surface area contributed by atoms with Gasteiger partial charge in [-0.05, 0) is 36.8 Å². The molecule has 0 atom stereocenters. The van der Waals surface area contributed by atoms with Crippen molar-refractivity contribution >= 4 is 5.91 Å². The zero-order chi connectivity index (χ0) is 13.0. The number of furan rings is 1. The van der Waals surface area contributed by atoms with Gasteiger partial charge in [0.15, 0.2) is 0 Å². The summed E-state index contributed by atoms with van der Waals surface area (Å²) in [6.45, 7) is 2.12. The Kier molecular flexibility index (Phi) is 3.77. The Hall–Kier alpha value is -2.10. The van der Waals surface area contributed by atoms with Crippen molar-refractivity contribution in [3.05, 3.63) is 59.3 Å². The van der Waals surface area contributed by atoms with E-state index >= 15 is 0 Å². The summed E-state index contributed by atoms with van der Waals surface area (Å²) in [6.07, 6.45) is 2.21. The van der Waals surface area contributed by atoms with Crippen LogP contribution in [-0.4, -0.2) is 12.5 Å². The molecule has 0 aliphatic rings. The van der Waals surface area contributed by atoms with Crippen LogP contribution in [-0.2, 0) is 6.42 Å². The van der Waals surface area contributed by atoms with Gasteiger partial charge in [0.05, 0.1) is 6.26 Å². The average molecular weight is 247 g/mol. The number of aryl methyl sites for hydroxylation is 1. The molecule has 3 nitrogen and oxygen atoms in total. The first kappa shape index (κ1) is 12.4. The third-order valence-electron chi connectivity index (χ3n) is 2.67. The van der Waals surface area contributed by atoms with Gasteiger partial charge >= 0.3 is 0 Å². The number of benzene rings is 1. The Labute approximate surface area is 105 Å². The maximum Gasteiger partial charge on any atom is 0.251 e. The molecule has 0 bridgehead atoms. The molecule has 4 heteroatoms. The van der Waals surface area contributed by atoms with Crippen LogP contribution in [0, 0.1) is 12.7 Å². The van der Waals surface area contributed by atoms with E-state index in [1.807, 2.05) is 6.07 Å². The second-order valence-corrected chi connectivity index (χ2v) is 4.05. The number of carbonyl (C=O) groups excluding carboxylic acids is 1. The number of hydrogen-bond acceptors (Lipinski definition) is 2. The minimum Gasteiger partial charge on any atom is -0.469 e. The van der Waals surface area contributed by atoms with E-state index in [9.17, 15) is 9.18 Å². The molecular formula is C14H14FNO2. The highest BCUT2D eigenvalue weighted by Gasteiger charge is 2.07. The number of nitrogens with one attached hydrogen (secondary N) is 1. The van der Waals surface area contributed by atoms with Gasteiger partial charge < -0.3 is 9.73 Å². The number of amides is 1. The molecule has 0 aliphatic carbocycles. The third-order valence-corrected chi connectivity index (χ3v) is 2.67. The zero-order valence-electron chi connectivity index (χ0n) is 10.1. The molecule has 0 unspecified atom stereocenters. The third kappa shape index (κ3) is 2.97. The average Bonchev–Trinajstić information content (AvgIpc) is 2.85. The molecule has 0 aliphatic heterocycles. The normalized spacial score (nSPS) is 10.3. The molecule has 1 aromatic carbocycles. The number of hydrogen-bond donors (Lipinski definition) is 1. The number of carbonyl (C=O) groups is 1.